The lowest BCUT2D eigenvalue weighted by atomic mass is 9.90. The molecule has 8 rings (SSSR count). The Hall–Kier alpha value is -6.16. The second-order valence-corrected chi connectivity index (χ2v) is 16.2. The number of carbonyl (C=O) groups excluding carboxylic acids is 4. The Kier molecular flexibility index (Phi) is 11.9. The summed E-state index contributed by atoms with van der Waals surface area (Å²) in [5.41, 5.74) is 5.64. The van der Waals surface area contributed by atoms with E-state index in [1.165, 1.54) is 14.2 Å². The van der Waals surface area contributed by atoms with E-state index in [0.717, 1.165) is 81.5 Å². The van der Waals surface area contributed by atoms with Crippen LogP contribution in [-0.2, 0) is 19.0 Å². The second-order valence-electron chi connectivity index (χ2n) is 16.2. The number of likely N-dealkylation sites (tertiary alicyclic amines) is 2. The first kappa shape index (κ1) is 40.6. The van der Waals surface area contributed by atoms with Crippen LogP contribution in [0.5, 0.6) is 0 Å². The largest absolute Gasteiger partial charge is 0.453 e. The number of aromatic nitrogens is 4. The van der Waals surface area contributed by atoms with Gasteiger partial charge in [-0.1, -0.05) is 44.2 Å². The number of amides is 5. The molecule has 3 saturated heterocycles. The number of H-pyrrole nitrogens is 2. The molecule has 0 aliphatic carbocycles. The number of benzene rings is 3. The molecule has 60 heavy (non-hydrogen) atoms. The summed E-state index contributed by atoms with van der Waals surface area (Å²) < 4.78 is 15.1. The van der Waals surface area contributed by atoms with Crippen molar-refractivity contribution in [2.24, 2.45) is 11.8 Å². The first-order chi connectivity index (χ1) is 29.1. The average molecular weight is 820 g/mol. The number of aromatic amines is 2. The van der Waals surface area contributed by atoms with Crippen molar-refractivity contribution in [3.8, 4) is 22.4 Å². The highest BCUT2D eigenvalue weighted by Gasteiger charge is 2.40. The predicted molar refractivity (Wildman–Crippen MR) is 225 cm³/mol. The molecule has 5 N–H and O–H groups in total. The molecule has 316 valence electrons. The van der Waals surface area contributed by atoms with Gasteiger partial charge in [-0.15, -0.1) is 0 Å². The van der Waals surface area contributed by atoms with Gasteiger partial charge in [0.1, 0.15) is 23.9 Å². The summed E-state index contributed by atoms with van der Waals surface area (Å²) in [4.78, 5) is 71.8. The molecular formula is C44H53N9O7. The minimum Gasteiger partial charge on any atom is -0.453 e. The summed E-state index contributed by atoms with van der Waals surface area (Å²) in [5.74, 6) is 1.26. The number of nitrogens with zero attached hydrogens (tertiary/aromatic N) is 4. The molecule has 0 spiro atoms. The normalized spacial score (nSPS) is 19.4. The van der Waals surface area contributed by atoms with E-state index in [0.29, 0.717) is 39.1 Å². The summed E-state index contributed by atoms with van der Waals surface area (Å²) in [7, 11) is 2.60. The molecule has 16 nitrogen and oxygen atoms in total. The van der Waals surface area contributed by atoms with E-state index in [-0.39, 0.29) is 35.9 Å². The molecule has 3 fully saturated rings. The van der Waals surface area contributed by atoms with Gasteiger partial charge in [-0.2, -0.15) is 0 Å². The number of imidazole rings is 2. The number of nitrogens with one attached hydrogen (secondary N) is 5. The monoisotopic (exact) mass is 819 g/mol. The SMILES string of the molecule is COC(=O)N[C@H](NC(=O)N1CCC[C@H]1c1nc2ccc(-c3ccc4cc(-c5cnc([C@@H]6CCCN6C(=O)[C@@H](NC(=O)OC)C6CCOCC6)[nH]5)ccc4c3)cc2[nH]1)C(C)C. The number of urea groups is 1. The topological polar surface area (TPSA) is 196 Å². The summed E-state index contributed by atoms with van der Waals surface area (Å²) in [6, 6.07) is 17.5. The van der Waals surface area contributed by atoms with Crippen molar-refractivity contribution >= 4 is 45.9 Å². The molecule has 16 heteroatoms. The van der Waals surface area contributed by atoms with Gasteiger partial charge < -0.3 is 49.9 Å². The lowest BCUT2D eigenvalue weighted by Crippen LogP contribution is -2.54. The Morgan fingerprint density at radius 1 is 0.750 bits per heavy atom. The summed E-state index contributed by atoms with van der Waals surface area (Å²) >= 11 is 0. The third-order valence-electron chi connectivity index (χ3n) is 12.1. The maximum Gasteiger partial charge on any atom is 0.408 e. The fraction of sp³-hybridized carbons (Fsp3) is 0.455. The Bertz CT molecular complexity index is 2370. The molecule has 5 aromatic rings. The van der Waals surface area contributed by atoms with Crippen LogP contribution in [0, 0.1) is 11.8 Å². The highest BCUT2D eigenvalue weighted by atomic mass is 16.5. The van der Waals surface area contributed by atoms with E-state index >= 15 is 0 Å². The maximum absolute atomic E-state index is 14.0. The lowest BCUT2D eigenvalue weighted by molar-refractivity contribution is -0.136. The quantitative estimate of drug-likeness (QED) is 0.0945. The molecule has 0 radical (unpaired) electrons. The molecule has 0 bridgehead atoms. The van der Waals surface area contributed by atoms with Crippen molar-refractivity contribution in [1.29, 1.82) is 0 Å². The van der Waals surface area contributed by atoms with Crippen molar-refractivity contribution in [3.05, 3.63) is 72.4 Å². The van der Waals surface area contributed by atoms with E-state index in [4.69, 9.17) is 24.2 Å². The van der Waals surface area contributed by atoms with Gasteiger partial charge in [0, 0.05) is 31.9 Å². The van der Waals surface area contributed by atoms with Gasteiger partial charge in [-0.3, -0.25) is 4.79 Å². The van der Waals surface area contributed by atoms with Crippen LogP contribution in [0.2, 0.25) is 0 Å². The third-order valence-corrected chi connectivity index (χ3v) is 12.1. The first-order valence-electron chi connectivity index (χ1n) is 20.8. The molecule has 2 aromatic heterocycles. The maximum atomic E-state index is 14.0. The molecule has 3 aliphatic rings. The van der Waals surface area contributed by atoms with Crippen LogP contribution < -0.4 is 16.0 Å². The number of methoxy groups -OCH3 is 2. The standard InChI is InChI=1S/C44H53N9O7/c1-25(2)38(51-44(57)59-4)50-42(55)53-18-6-8-36(53)40-46-32-14-13-30(23-33(32)47-40)28-9-10-29-22-31(12-11-27(29)21-28)34-24-45-39(48-34)35-7-5-17-52(35)41(54)37(49-43(56)58-3)26-15-19-60-20-16-26/h9-14,21-26,35-38H,5-8,15-20H2,1-4H3,(H,45,48)(H,46,47)(H,49,56)(H,50,55)(H,51,57)/t35-,36-,37-,38-/m0/s1. The lowest BCUT2D eigenvalue weighted by Gasteiger charge is -2.34. The Balaban J connectivity index is 0.961. The van der Waals surface area contributed by atoms with Crippen molar-refractivity contribution in [2.75, 3.05) is 40.5 Å². The Morgan fingerprint density at radius 2 is 1.38 bits per heavy atom. The fourth-order valence-corrected chi connectivity index (χ4v) is 8.79. The van der Waals surface area contributed by atoms with Crippen LogP contribution in [0.15, 0.2) is 60.8 Å². The number of ether oxygens (including phenoxy) is 3. The zero-order chi connectivity index (χ0) is 41.9. The van der Waals surface area contributed by atoms with Gasteiger partial charge in [-0.05, 0) is 96.5 Å². The number of hydrogen-bond acceptors (Lipinski definition) is 9. The highest BCUT2D eigenvalue weighted by Crippen LogP contribution is 2.36. The highest BCUT2D eigenvalue weighted by molar-refractivity contribution is 5.92. The zero-order valence-corrected chi connectivity index (χ0v) is 34.5. The van der Waals surface area contributed by atoms with E-state index < -0.39 is 24.4 Å². The smallest absolute Gasteiger partial charge is 0.408 e. The van der Waals surface area contributed by atoms with E-state index in [1.807, 2.05) is 31.0 Å². The average Bonchev–Trinajstić information content (AvgIpc) is 4.11. The molecule has 3 aromatic carbocycles. The number of alkyl carbamates (subject to hydrolysis) is 2. The second kappa shape index (κ2) is 17.6. The van der Waals surface area contributed by atoms with Crippen molar-refractivity contribution < 1.29 is 33.4 Å². The number of carbonyl (C=O) groups is 4. The predicted octanol–water partition coefficient (Wildman–Crippen LogP) is 6.77. The van der Waals surface area contributed by atoms with Crippen LogP contribution >= 0.6 is 0 Å². The molecule has 0 saturated carbocycles. The molecule has 4 atom stereocenters. The van der Waals surface area contributed by atoms with E-state index in [9.17, 15) is 19.2 Å². The molecule has 5 heterocycles. The number of rotatable bonds is 10. The zero-order valence-electron chi connectivity index (χ0n) is 34.5. The Labute approximate surface area is 348 Å². The van der Waals surface area contributed by atoms with Crippen molar-refractivity contribution in [1.82, 2.24) is 45.7 Å². The van der Waals surface area contributed by atoms with Crippen LogP contribution in [0.4, 0.5) is 14.4 Å². The first-order valence-corrected chi connectivity index (χ1v) is 20.8. The van der Waals surface area contributed by atoms with Gasteiger partial charge in [0.05, 0.1) is 49.2 Å². The molecule has 5 amide bonds. The Morgan fingerprint density at radius 3 is 2.10 bits per heavy atom. The minimum absolute atomic E-state index is 0.0310. The van der Waals surface area contributed by atoms with Gasteiger partial charge in [0.25, 0.3) is 0 Å². The van der Waals surface area contributed by atoms with Crippen molar-refractivity contribution in [3.63, 3.8) is 0 Å². The van der Waals surface area contributed by atoms with Crippen LogP contribution in [0.3, 0.4) is 0 Å². The molecule has 0 unspecified atom stereocenters. The van der Waals surface area contributed by atoms with E-state index in [1.54, 1.807) is 4.90 Å². The van der Waals surface area contributed by atoms with E-state index in [2.05, 4.69) is 74.4 Å². The van der Waals surface area contributed by atoms with Crippen LogP contribution in [0.25, 0.3) is 44.2 Å². The minimum atomic E-state index is -0.688. The summed E-state index contributed by atoms with van der Waals surface area (Å²) in [5, 5.41) is 10.6. The summed E-state index contributed by atoms with van der Waals surface area (Å²) in [6.45, 7) is 6.11. The molecule has 3 aliphatic heterocycles. The third kappa shape index (κ3) is 8.46. The fourth-order valence-electron chi connectivity index (χ4n) is 8.79. The van der Waals surface area contributed by atoms with Gasteiger partial charge in [0.2, 0.25) is 5.91 Å². The molecular weight excluding hydrogens is 767 g/mol. The van der Waals surface area contributed by atoms with Crippen LogP contribution in [0.1, 0.15) is 76.1 Å². The number of fused-ring (bicyclic) bond motifs is 2. The van der Waals surface area contributed by atoms with Crippen LogP contribution in [-0.4, -0.2) is 107 Å². The summed E-state index contributed by atoms with van der Waals surface area (Å²) in [6.07, 6.45) is 4.64. The van der Waals surface area contributed by atoms with Gasteiger partial charge in [-0.25, -0.2) is 24.4 Å². The number of hydrogen-bond donors (Lipinski definition) is 5. The van der Waals surface area contributed by atoms with Gasteiger partial charge >= 0.3 is 18.2 Å². The van der Waals surface area contributed by atoms with Gasteiger partial charge in [0.15, 0.2) is 0 Å². The van der Waals surface area contributed by atoms with Crippen molar-refractivity contribution in [2.45, 2.75) is 76.7 Å².